The first-order chi connectivity index (χ1) is 15.1. The van der Waals surface area contributed by atoms with Gasteiger partial charge in [0.25, 0.3) is 0 Å². The van der Waals surface area contributed by atoms with Crippen molar-refractivity contribution in [2.75, 3.05) is 7.11 Å². The number of rotatable bonds is 8. The van der Waals surface area contributed by atoms with Gasteiger partial charge in [-0.05, 0) is 35.2 Å². The number of hydrogen-bond acceptors (Lipinski definition) is 5. The summed E-state index contributed by atoms with van der Waals surface area (Å²) in [6.45, 7) is 0.124. The Hall–Kier alpha value is -3.64. The molecule has 0 aliphatic rings. The number of esters is 1. The van der Waals surface area contributed by atoms with Crippen LogP contribution >= 0.6 is 0 Å². The van der Waals surface area contributed by atoms with Crippen LogP contribution in [0.25, 0.3) is 0 Å². The quantitative estimate of drug-likeness (QED) is 0.538. The third-order valence-corrected chi connectivity index (χ3v) is 4.84. The van der Waals surface area contributed by atoms with Crippen LogP contribution in [-0.2, 0) is 22.5 Å². The van der Waals surface area contributed by atoms with E-state index in [1.165, 1.54) is 7.11 Å². The normalized spacial score (nSPS) is 12.5. The summed E-state index contributed by atoms with van der Waals surface area (Å²) in [4.78, 5) is 24.3. The fourth-order valence-electron chi connectivity index (χ4n) is 3.23. The van der Waals surface area contributed by atoms with Crippen LogP contribution in [0, 0.1) is 0 Å². The first-order valence-electron chi connectivity index (χ1n) is 9.94. The largest absolute Gasteiger partial charge is 0.465 e. The first kappa shape index (κ1) is 22.1. The second-order valence-corrected chi connectivity index (χ2v) is 7.06. The molecule has 0 bridgehead atoms. The lowest BCUT2D eigenvalue weighted by Crippen LogP contribution is -2.41. The number of carbonyl (C=O) groups excluding carboxylic acids is 2. The molecule has 0 radical (unpaired) electrons. The molecule has 160 valence electrons. The zero-order chi connectivity index (χ0) is 22.1. The summed E-state index contributed by atoms with van der Waals surface area (Å²) in [5, 5.41) is 13.8. The molecule has 6 heteroatoms. The van der Waals surface area contributed by atoms with Crippen molar-refractivity contribution in [3.63, 3.8) is 0 Å². The Bertz CT molecular complexity index is 991. The molecule has 0 aromatic heterocycles. The van der Waals surface area contributed by atoms with Gasteiger partial charge in [0.2, 0.25) is 0 Å². The molecule has 6 nitrogen and oxygen atoms in total. The average molecular weight is 419 g/mol. The minimum absolute atomic E-state index is 0.124. The molecule has 1 amide bonds. The van der Waals surface area contributed by atoms with E-state index in [1.807, 2.05) is 60.7 Å². The van der Waals surface area contributed by atoms with Crippen LogP contribution in [-0.4, -0.2) is 30.3 Å². The number of benzene rings is 3. The maximum atomic E-state index is 12.5. The van der Waals surface area contributed by atoms with Crippen molar-refractivity contribution in [1.29, 1.82) is 0 Å². The van der Waals surface area contributed by atoms with E-state index in [0.717, 1.165) is 11.1 Å². The predicted molar refractivity (Wildman–Crippen MR) is 116 cm³/mol. The highest BCUT2D eigenvalue weighted by molar-refractivity contribution is 5.89. The maximum Gasteiger partial charge on any atom is 0.407 e. The molecular formula is C25H25NO5. The van der Waals surface area contributed by atoms with Crippen LogP contribution in [0.4, 0.5) is 4.79 Å². The number of aliphatic hydroxyl groups is 1. The predicted octanol–water partition coefficient (Wildman–Crippen LogP) is 4.04. The molecule has 3 rings (SSSR count). The lowest BCUT2D eigenvalue weighted by molar-refractivity contribution is 0.0599. The molecule has 2 N–H and O–H groups in total. The van der Waals surface area contributed by atoms with Crippen molar-refractivity contribution in [3.8, 4) is 0 Å². The van der Waals surface area contributed by atoms with E-state index in [-0.39, 0.29) is 6.61 Å². The Labute approximate surface area is 181 Å². The number of nitrogens with one attached hydrogen (secondary N) is 1. The standard InChI is InChI=1S/C25H25NO5/c1-30-24(28)21-14-8-13-20(16-21)23(27)22(15-18-9-4-2-5-10-18)26-25(29)31-17-19-11-6-3-7-12-19/h2-14,16,22-23,27H,15,17H2,1H3,(H,26,29)/t22-,23+/m0/s1. The van der Waals surface area contributed by atoms with Crippen molar-refractivity contribution in [1.82, 2.24) is 5.32 Å². The molecule has 0 aliphatic heterocycles. The van der Waals surface area contributed by atoms with Gasteiger partial charge in [0.1, 0.15) is 6.61 Å². The fraction of sp³-hybridized carbons (Fsp3) is 0.200. The van der Waals surface area contributed by atoms with Gasteiger partial charge in [-0.25, -0.2) is 9.59 Å². The summed E-state index contributed by atoms with van der Waals surface area (Å²) in [6.07, 6.45) is -1.31. The lowest BCUT2D eigenvalue weighted by atomic mass is 9.95. The second-order valence-electron chi connectivity index (χ2n) is 7.06. The lowest BCUT2D eigenvalue weighted by Gasteiger charge is -2.25. The molecule has 0 spiro atoms. The maximum absolute atomic E-state index is 12.5. The van der Waals surface area contributed by atoms with E-state index < -0.39 is 24.2 Å². The summed E-state index contributed by atoms with van der Waals surface area (Å²) in [5.41, 5.74) is 2.62. The van der Waals surface area contributed by atoms with Gasteiger partial charge in [0, 0.05) is 0 Å². The highest BCUT2D eigenvalue weighted by Gasteiger charge is 2.25. The number of hydrogen-bond donors (Lipinski definition) is 2. The molecule has 31 heavy (non-hydrogen) atoms. The minimum atomic E-state index is -1.06. The van der Waals surface area contributed by atoms with Crippen molar-refractivity contribution in [2.45, 2.75) is 25.2 Å². The third kappa shape index (κ3) is 6.42. The second kappa shape index (κ2) is 10.9. The van der Waals surface area contributed by atoms with Crippen LogP contribution in [0.15, 0.2) is 84.9 Å². The Balaban J connectivity index is 1.75. The van der Waals surface area contributed by atoms with E-state index >= 15 is 0 Å². The Morgan fingerprint density at radius 3 is 2.19 bits per heavy atom. The summed E-state index contributed by atoms with van der Waals surface area (Å²) >= 11 is 0. The van der Waals surface area contributed by atoms with Gasteiger partial charge in [-0.2, -0.15) is 0 Å². The van der Waals surface area contributed by atoms with E-state index in [9.17, 15) is 14.7 Å². The van der Waals surface area contributed by atoms with Gasteiger partial charge >= 0.3 is 12.1 Å². The number of ether oxygens (including phenoxy) is 2. The average Bonchev–Trinajstić information content (AvgIpc) is 2.82. The molecule has 3 aromatic rings. The molecule has 0 aliphatic carbocycles. The molecule has 3 aromatic carbocycles. The smallest absolute Gasteiger partial charge is 0.407 e. The van der Waals surface area contributed by atoms with Gasteiger partial charge in [-0.3, -0.25) is 0 Å². The highest BCUT2D eigenvalue weighted by atomic mass is 16.5. The van der Waals surface area contributed by atoms with Crippen LogP contribution in [0.3, 0.4) is 0 Å². The third-order valence-electron chi connectivity index (χ3n) is 4.84. The molecule has 0 heterocycles. The van der Waals surface area contributed by atoms with Crippen LogP contribution < -0.4 is 5.32 Å². The zero-order valence-electron chi connectivity index (χ0n) is 17.2. The van der Waals surface area contributed by atoms with Crippen LogP contribution in [0.5, 0.6) is 0 Å². The van der Waals surface area contributed by atoms with Crippen molar-refractivity contribution < 1.29 is 24.2 Å². The molecule has 2 atom stereocenters. The molecule has 0 saturated carbocycles. The van der Waals surface area contributed by atoms with Crippen molar-refractivity contribution in [3.05, 3.63) is 107 Å². The van der Waals surface area contributed by atoms with E-state index in [0.29, 0.717) is 17.5 Å². The topological polar surface area (TPSA) is 84.9 Å². The summed E-state index contributed by atoms with van der Waals surface area (Å²) in [7, 11) is 1.30. The number of methoxy groups -OCH3 is 1. The van der Waals surface area contributed by atoms with Crippen molar-refractivity contribution >= 4 is 12.1 Å². The van der Waals surface area contributed by atoms with Gasteiger partial charge in [0.05, 0.1) is 24.8 Å². The summed E-state index contributed by atoms with van der Waals surface area (Å²) < 4.78 is 10.1. The van der Waals surface area contributed by atoms with Crippen LogP contribution in [0.1, 0.15) is 33.2 Å². The van der Waals surface area contributed by atoms with Crippen molar-refractivity contribution in [2.24, 2.45) is 0 Å². The number of aliphatic hydroxyl groups excluding tert-OH is 1. The Morgan fingerprint density at radius 2 is 1.55 bits per heavy atom. The number of amides is 1. The molecule has 0 unspecified atom stereocenters. The molecular weight excluding hydrogens is 394 g/mol. The fourth-order valence-corrected chi connectivity index (χ4v) is 3.23. The van der Waals surface area contributed by atoms with E-state index in [4.69, 9.17) is 9.47 Å². The highest BCUT2D eigenvalue weighted by Crippen LogP contribution is 2.22. The SMILES string of the molecule is COC(=O)c1cccc([C@@H](O)[C@H](Cc2ccccc2)NC(=O)OCc2ccccc2)c1. The summed E-state index contributed by atoms with van der Waals surface area (Å²) in [5.74, 6) is -0.496. The van der Waals surface area contributed by atoms with E-state index in [2.05, 4.69) is 5.32 Å². The summed E-state index contributed by atoms with van der Waals surface area (Å²) in [6, 6.07) is 24.7. The van der Waals surface area contributed by atoms with Crippen LogP contribution in [0.2, 0.25) is 0 Å². The monoisotopic (exact) mass is 419 g/mol. The Morgan fingerprint density at radius 1 is 0.903 bits per heavy atom. The zero-order valence-corrected chi connectivity index (χ0v) is 17.2. The first-order valence-corrected chi connectivity index (χ1v) is 9.94. The van der Waals surface area contributed by atoms with Gasteiger partial charge in [0.15, 0.2) is 0 Å². The van der Waals surface area contributed by atoms with Gasteiger partial charge < -0.3 is 19.9 Å². The van der Waals surface area contributed by atoms with Gasteiger partial charge in [-0.15, -0.1) is 0 Å². The van der Waals surface area contributed by atoms with E-state index in [1.54, 1.807) is 24.3 Å². The minimum Gasteiger partial charge on any atom is -0.465 e. The number of carbonyl (C=O) groups is 2. The Kier molecular flexibility index (Phi) is 7.79. The molecule has 0 fully saturated rings. The molecule has 0 saturated heterocycles. The number of alkyl carbamates (subject to hydrolysis) is 1. The van der Waals surface area contributed by atoms with Gasteiger partial charge in [-0.1, -0.05) is 72.8 Å².